The van der Waals surface area contributed by atoms with Crippen LogP contribution in [0.4, 0.5) is 21.7 Å². The van der Waals surface area contributed by atoms with Crippen molar-refractivity contribution in [2.75, 3.05) is 30.9 Å². The number of aromatic nitrogens is 2. The Morgan fingerprint density at radius 2 is 2.00 bits per heavy atom. The minimum Gasteiger partial charge on any atom is -0.489 e. The molecule has 0 spiro atoms. The number of hydrogen-bond acceptors (Lipinski definition) is 7. The van der Waals surface area contributed by atoms with E-state index in [2.05, 4.69) is 15.3 Å². The fraction of sp³-hybridized carbons (Fsp3) is 0.389. The number of nitrogens with two attached hydrogens (primary N) is 2. The van der Waals surface area contributed by atoms with Gasteiger partial charge in [0.1, 0.15) is 17.7 Å². The number of carbonyl (C=O) groups excluding carboxylic acids is 1. The molecule has 10 heteroatoms. The highest BCUT2D eigenvalue weighted by atomic mass is 35.5. The van der Waals surface area contributed by atoms with Crippen LogP contribution in [0.15, 0.2) is 18.2 Å². The summed E-state index contributed by atoms with van der Waals surface area (Å²) in [6.07, 6.45) is 0.306. The number of carbonyl (C=O) groups is 1. The normalized spacial score (nSPS) is 11.4. The Labute approximate surface area is 169 Å². The summed E-state index contributed by atoms with van der Waals surface area (Å²) < 4.78 is 19.5. The minimum absolute atomic E-state index is 0. The molecular weight excluding hydrogens is 387 g/mol. The molecule has 0 saturated carbocycles. The van der Waals surface area contributed by atoms with Crippen LogP contribution in [-0.4, -0.2) is 42.6 Å². The van der Waals surface area contributed by atoms with Gasteiger partial charge in [-0.2, -0.15) is 0 Å². The number of benzene rings is 1. The van der Waals surface area contributed by atoms with Crippen molar-refractivity contribution in [3.8, 4) is 5.75 Å². The van der Waals surface area contributed by atoms with Crippen LogP contribution < -0.4 is 26.4 Å². The molecule has 1 heterocycles. The number of aryl methyl sites for hydroxylation is 1. The average Bonchev–Trinajstić information content (AvgIpc) is 2.60. The molecule has 8 nitrogen and oxygen atoms in total. The maximum absolute atomic E-state index is 14.0. The zero-order valence-electron chi connectivity index (χ0n) is 16.3. The molecule has 1 amide bonds. The average molecular weight is 413 g/mol. The lowest BCUT2D eigenvalue weighted by Gasteiger charge is -2.19. The van der Waals surface area contributed by atoms with E-state index in [1.165, 1.54) is 12.1 Å². The molecule has 5 N–H and O–H groups in total. The number of halogens is 2. The Bertz CT molecular complexity index is 834. The van der Waals surface area contributed by atoms with Crippen LogP contribution in [0.1, 0.15) is 30.0 Å². The van der Waals surface area contributed by atoms with Gasteiger partial charge in [0.2, 0.25) is 0 Å². The second-order valence-electron chi connectivity index (χ2n) is 6.27. The first-order valence-electron chi connectivity index (χ1n) is 8.57. The predicted molar refractivity (Wildman–Crippen MR) is 110 cm³/mol. The molecule has 2 rings (SSSR count). The zero-order valence-corrected chi connectivity index (χ0v) is 17.1. The summed E-state index contributed by atoms with van der Waals surface area (Å²) in [4.78, 5) is 22.4. The van der Waals surface area contributed by atoms with Gasteiger partial charge >= 0.3 is 0 Å². The van der Waals surface area contributed by atoms with Crippen LogP contribution in [0.5, 0.6) is 5.75 Å². The molecule has 1 atom stereocenters. The van der Waals surface area contributed by atoms with Gasteiger partial charge in [-0.1, -0.05) is 6.92 Å². The van der Waals surface area contributed by atoms with Crippen LogP contribution in [0.3, 0.4) is 0 Å². The van der Waals surface area contributed by atoms with E-state index in [4.69, 9.17) is 16.2 Å². The Morgan fingerprint density at radius 3 is 2.54 bits per heavy atom. The lowest BCUT2D eigenvalue weighted by atomic mass is 10.2. The molecule has 0 unspecified atom stereocenters. The first kappa shape index (κ1) is 23.4. The maximum Gasteiger partial charge on any atom is 0.271 e. The maximum atomic E-state index is 14.0. The van der Waals surface area contributed by atoms with Gasteiger partial charge in [0.15, 0.2) is 17.3 Å². The molecule has 1 aromatic heterocycles. The quantitative estimate of drug-likeness (QED) is 0.608. The number of nitrogens with one attached hydrogen (secondary N) is 1. The zero-order chi connectivity index (χ0) is 20.1. The molecular formula is C18H26ClFN6O2. The van der Waals surface area contributed by atoms with E-state index >= 15 is 0 Å². The summed E-state index contributed by atoms with van der Waals surface area (Å²) in [5.41, 5.74) is 12.0. The lowest BCUT2D eigenvalue weighted by molar-refractivity contribution is 0.0996. The van der Waals surface area contributed by atoms with Gasteiger partial charge in [-0.25, -0.2) is 14.4 Å². The Balaban J connectivity index is 0.00000392. The van der Waals surface area contributed by atoms with E-state index in [0.717, 1.165) is 0 Å². The van der Waals surface area contributed by atoms with Crippen molar-refractivity contribution in [2.24, 2.45) is 11.5 Å². The van der Waals surface area contributed by atoms with Gasteiger partial charge < -0.3 is 26.4 Å². The number of nitrogens with zero attached hydrogens (tertiary/aromatic N) is 3. The largest absolute Gasteiger partial charge is 0.489 e. The van der Waals surface area contributed by atoms with Crippen molar-refractivity contribution < 1.29 is 13.9 Å². The summed E-state index contributed by atoms with van der Waals surface area (Å²) in [7, 11) is 3.64. The van der Waals surface area contributed by atoms with Crippen LogP contribution >= 0.6 is 12.4 Å². The molecule has 0 saturated heterocycles. The summed E-state index contributed by atoms with van der Waals surface area (Å²) in [6, 6.07) is 4.10. The molecule has 0 aliphatic rings. The second kappa shape index (κ2) is 10.0. The summed E-state index contributed by atoms with van der Waals surface area (Å²) in [5, 5.41) is 2.92. The molecule has 0 radical (unpaired) electrons. The van der Waals surface area contributed by atoms with Crippen LogP contribution in [0.25, 0.3) is 0 Å². The van der Waals surface area contributed by atoms with Crippen molar-refractivity contribution in [2.45, 2.75) is 26.4 Å². The molecule has 1 aromatic carbocycles. The van der Waals surface area contributed by atoms with Crippen LogP contribution in [0.2, 0.25) is 0 Å². The van der Waals surface area contributed by atoms with E-state index in [9.17, 15) is 9.18 Å². The SMILES string of the molecule is CCc1nc(C(N)=O)c(Nc2cc(F)cc(O[C@H](C)CN)c2)nc1N(C)C.Cl. The van der Waals surface area contributed by atoms with Gasteiger partial charge in [0.05, 0.1) is 5.69 Å². The fourth-order valence-corrected chi connectivity index (χ4v) is 2.44. The Hall–Kier alpha value is -2.65. The van der Waals surface area contributed by atoms with Gasteiger partial charge in [0.25, 0.3) is 5.91 Å². The number of anilines is 3. The Morgan fingerprint density at radius 1 is 1.32 bits per heavy atom. The van der Waals surface area contributed by atoms with E-state index in [0.29, 0.717) is 35.9 Å². The van der Waals surface area contributed by atoms with Crippen LogP contribution in [0, 0.1) is 5.82 Å². The summed E-state index contributed by atoms with van der Waals surface area (Å²) in [5.74, 6) is -0.191. The molecule has 0 aliphatic heterocycles. The molecule has 0 bridgehead atoms. The summed E-state index contributed by atoms with van der Waals surface area (Å²) >= 11 is 0. The van der Waals surface area contributed by atoms with Crippen molar-refractivity contribution in [3.05, 3.63) is 35.4 Å². The molecule has 2 aromatic rings. The molecule has 0 fully saturated rings. The fourth-order valence-electron chi connectivity index (χ4n) is 2.44. The minimum atomic E-state index is -0.727. The lowest BCUT2D eigenvalue weighted by Crippen LogP contribution is -2.23. The number of amides is 1. The van der Waals surface area contributed by atoms with E-state index < -0.39 is 11.7 Å². The number of ether oxygens (including phenoxy) is 1. The third-order valence-electron chi connectivity index (χ3n) is 3.74. The van der Waals surface area contributed by atoms with Gasteiger partial charge in [0, 0.05) is 38.5 Å². The molecule has 28 heavy (non-hydrogen) atoms. The standard InChI is InChI=1S/C18H25FN6O2.ClH/c1-5-14-18(25(3)4)24-17(15(23-14)16(21)26)22-12-6-11(19)7-13(8-12)27-10(2)9-20;/h6-8,10H,5,9,20H2,1-4H3,(H2,21,26)(H,22,24);1H/t10-;/m1./s1. The van der Waals surface area contributed by atoms with Crippen molar-refractivity contribution in [1.82, 2.24) is 9.97 Å². The van der Waals surface area contributed by atoms with E-state index in [-0.39, 0.29) is 30.0 Å². The van der Waals surface area contributed by atoms with Crippen LogP contribution in [-0.2, 0) is 6.42 Å². The number of hydrogen-bond donors (Lipinski definition) is 3. The van der Waals surface area contributed by atoms with Crippen molar-refractivity contribution in [3.63, 3.8) is 0 Å². The predicted octanol–water partition coefficient (Wildman–Crippen LogP) is 2.23. The summed E-state index contributed by atoms with van der Waals surface area (Å²) in [6.45, 7) is 3.98. The highest BCUT2D eigenvalue weighted by Crippen LogP contribution is 2.27. The van der Waals surface area contributed by atoms with Gasteiger partial charge in [-0.3, -0.25) is 4.79 Å². The molecule has 154 valence electrons. The van der Waals surface area contributed by atoms with E-state index in [1.54, 1.807) is 17.9 Å². The van der Waals surface area contributed by atoms with Gasteiger partial charge in [-0.05, 0) is 19.4 Å². The third-order valence-corrected chi connectivity index (χ3v) is 3.74. The first-order chi connectivity index (χ1) is 12.7. The first-order valence-corrected chi connectivity index (χ1v) is 8.57. The molecule has 0 aliphatic carbocycles. The van der Waals surface area contributed by atoms with Crippen molar-refractivity contribution in [1.29, 1.82) is 0 Å². The highest BCUT2D eigenvalue weighted by molar-refractivity contribution is 5.96. The highest BCUT2D eigenvalue weighted by Gasteiger charge is 2.18. The van der Waals surface area contributed by atoms with Gasteiger partial charge in [-0.15, -0.1) is 12.4 Å². The second-order valence-corrected chi connectivity index (χ2v) is 6.27. The number of primary amides is 1. The Kier molecular flexibility index (Phi) is 8.39. The van der Waals surface area contributed by atoms with Crippen molar-refractivity contribution >= 4 is 35.6 Å². The topological polar surface area (TPSA) is 119 Å². The third kappa shape index (κ3) is 5.67. The smallest absolute Gasteiger partial charge is 0.271 e. The monoisotopic (exact) mass is 412 g/mol. The van der Waals surface area contributed by atoms with E-state index in [1.807, 2.05) is 21.0 Å². The number of rotatable bonds is 8.